The van der Waals surface area contributed by atoms with Crippen LogP contribution in [0, 0.1) is 17.8 Å². The Balaban J connectivity index is 1.27. The lowest BCUT2D eigenvalue weighted by atomic mass is 9.68. The molecule has 2 bridgehead atoms. The molecule has 2 aliphatic carbocycles. The number of likely N-dealkylation sites (tertiary alicyclic amines) is 1. The van der Waals surface area contributed by atoms with Crippen LogP contribution in [-0.2, 0) is 43.3 Å². The molecular formula is C40H54N4O6S. The Morgan fingerprint density at radius 2 is 1.84 bits per heavy atom. The maximum atomic E-state index is 14.0. The van der Waals surface area contributed by atoms with Crippen LogP contribution in [0.4, 0.5) is 10.5 Å². The summed E-state index contributed by atoms with van der Waals surface area (Å²) in [6, 6.07) is 12.5. The van der Waals surface area contributed by atoms with Crippen molar-refractivity contribution in [3.8, 4) is 5.75 Å². The van der Waals surface area contributed by atoms with Crippen LogP contribution in [0.25, 0.3) is 0 Å². The van der Waals surface area contributed by atoms with Crippen molar-refractivity contribution in [2.24, 2.45) is 22.1 Å². The number of nitrogens with one attached hydrogen (secondary N) is 1. The van der Waals surface area contributed by atoms with E-state index in [4.69, 9.17) is 18.9 Å². The van der Waals surface area contributed by atoms with E-state index in [-0.39, 0.29) is 41.6 Å². The Morgan fingerprint density at radius 1 is 1.04 bits per heavy atom. The quantitative estimate of drug-likeness (QED) is 0.386. The maximum absolute atomic E-state index is 14.0. The van der Waals surface area contributed by atoms with Gasteiger partial charge in [-0.25, -0.2) is 4.79 Å². The van der Waals surface area contributed by atoms with Crippen LogP contribution in [0.15, 0.2) is 52.9 Å². The van der Waals surface area contributed by atoms with Crippen LogP contribution in [0.2, 0.25) is 0 Å². The van der Waals surface area contributed by atoms with Gasteiger partial charge in [0.25, 0.3) is 5.91 Å². The molecule has 276 valence electrons. The lowest BCUT2D eigenvalue weighted by Crippen LogP contribution is -2.57. The van der Waals surface area contributed by atoms with Gasteiger partial charge in [0.05, 0.1) is 43.7 Å². The number of aryl methyl sites for hydroxylation is 2. The van der Waals surface area contributed by atoms with Crippen LogP contribution in [0.3, 0.4) is 0 Å². The minimum Gasteiger partial charge on any atom is -0.490 e. The number of hydrogen-bond donors (Lipinski definition) is 1. The number of fused-ring (bicyclic) bond motifs is 4. The van der Waals surface area contributed by atoms with Gasteiger partial charge in [-0.15, -0.1) is 0 Å². The number of ether oxygens (including phenoxy) is 4. The molecule has 0 aromatic heterocycles. The fraction of sp³-hybridized carbons (Fsp3) is 0.600. The molecule has 5 aliphatic rings. The predicted octanol–water partition coefficient (Wildman–Crippen LogP) is 5.88. The number of rotatable bonds is 5. The second-order valence-corrected chi connectivity index (χ2v) is 16.6. The second-order valence-electron chi connectivity index (χ2n) is 15.2. The van der Waals surface area contributed by atoms with Crippen molar-refractivity contribution in [3.05, 3.63) is 70.8 Å². The summed E-state index contributed by atoms with van der Waals surface area (Å²) in [5, 5.41) is 0. The molecule has 2 aromatic carbocycles. The van der Waals surface area contributed by atoms with Crippen LogP contribution in [0.5, 0.6) is 5.75 Å². The summed E-state index contributed by atoms with van der Waals surface area (Å²) in [5.41, 5.74) is 5.49. The van der Waals surface area contributed by atoms with Gasteiger partial charge in [0.15, 0.2) is 0 Å². The van der Waals surface area contributed by atoms with Gasteiger partial charge in [0, 0.05) is 62.0 Å². The van der Waals surface area contributed by atoms with E-state index in [1.54, 1.807) is 26.2 Å². The molecule has 0 radical (unpaired) electrons. The smallest absolute Gasteiger partial charge is 0.328 e. The van der Waals surface area contributed by atoms with Gasteiger partial charge in [0.1, 0.15) is 5.75 Å². The highest BCUT2D eigenvalue weighted by atomic mass is 32.2. The summed E-state index contributed by atoms with van der Waals surface area (Å²) in [6.45, 7) is 7.57. The molecule has 3 aliphatic heterocycles. The van der Waals surface area contributed by atoms with Crippen LogP contribution < -0.4 is 14.4 Å². The van der Waals surface area contributed by atoms with Crippen LogP contribution >= 0.6 is 0 Å². The van der Waals surface area contributed by atoms with Crippen LogP contribution in [0.1, 0.15) is 66.6 Å². The Kier molecular flexibility index (Phi) is 10.9. The summed E-state index contributed by atoms with van der Waals surface area (Å²) >= 11 is 0. The Labute approximate surface area is 305 Å². The number of urea groups is 1. The number of nitrogens with zero attached hydrogens (tertiary/aromatic N) is 3. The highest BCUT2D eigenvalue weighted by Crippen LogP contribution is 2.47. The van der Waals surface area contributed by atoms with E-state index in [1.165, 1.54) is 16.7 Å². The van der Waals surface area contributed by atoms with Crippen molar-refractivity contribution in [2.45, 2.75) is 76.1 Å². The standard InChI is InChI=1S/C40H54N4O6S/c1-6-27-9-13-33-28(18-27)8-7-17-40(33)24-44-20-30-10-12-32(30)36(49-5)16-15-35(48-4)26(2)23-51(42-39(46)43-21-31(22-43)47-3)41-38(45)29-11-14-37(50-25-40)34(44)19-29/h9,11,13-16,18-19,26,30-32,35-36H,6-8,10,12,17,20-25H2,1-5H3,(H,41,42,45,46)/b16-15+/t26-,30+,32-,35+,36+,40+,51?/m1/s1. The van der Waals surface area contributed by atoms with Crippen molar-refractivity contribution in [3.63, 3.8) is 0 Å². The van der Waals surface area contributed by atoms with Gasteiger partial charge >= 0.3 is 6.03 Å². The van der Waals surface area contributed by atoms with Gasteiger partial charge in [-0.1, -0.05) is 44.2 Å². The van der Waals surface area contributed by atoms with Crippen molar-refractivity contribution in [2.75, 3.05) is 64.8 Å². The molecule has 1 N–H and O–H groups in total. The first-order valence-corrected chi connectivity index (χ1v) is 20.0. The van der Waals surface area contributed by atoms with E-state index in [1.807, 2.05) is 18.2 Å². The van der Waals surface area contributed by atoms with Gasteiger partial charge in [-0.05, 0) is 91.2 Å². The monoisotopic (exact) mass is 718 g/mol. The van der Waals surface area contributed by atoms with Crippen molar-refractivity contribution in [1.29, 1.82) is 0 Å². The summed E-state index contributed by atoms with van der Waals surface area (Å²) in [7, 11) is 4.06. The number of anilines is 1. The molecule has 10 nitrogen and oxygen atoms in total. The predicted molar refractivity (Wildman–Crippen MR) is 201 cm³/mol. The minimum atomic E-state index is -1.09. The molecule has 1 saturated heterocycles. The summed E-state index contributed by atoms with van der Waals surface area (Å²) < 4.78 is 32.0. The topological polar surface area (TPSA) is 102 Å². The zero-order valence-corrected chi connectivity index (χ0v) is 31.6. The molecule has 11 heteroatoms. The Hall–Kier alpha value is -3.25. The maximum Gasteiger partial charge on any atom is 0.328 e. The zero-order valence-electron chi connectivity index (χ0n) is 30.8. The molecule has 51 heavy (non-hydrogen) atoms. The summed E-state index contributed by atoms with van der Waals surface area (Å²) in [5.74, 6) is 1.66. The lowest BCUT2D eigenvalue weighted by Gasteiger charge is -2.46. The first-order valence-electron chi connectivity index (χ1n) is 18.7. The van der Waals surface area contributed by atoms with Gasteiger partial charge in [-0.3, -0.25) is 9.52 Å². The fourth-order valence-electron chi connectivity index (χ4n) is 8.72. The zero-order chi connectivity index (χ0) is 35.7. The number of amides is 3. The van der Waals surface area contributed by atoms with E-state index in [0.717, 1.165) is 63.1 Å². The molecule has 7 rings (SSSR count). The lowest BCUT2D eigenvalue weighted by molar-refractivity contribution is -0.00640. The number of carbonyl (C=O) groups excluding carboxylic acids is 2. The van der Waals surface area contributed by atoms with E-state index in [0.29, 0.717) is 42.8 Å². The van der Waals surface area contributed by atoms with E-state index in [2.05, 4.69) is 58.2 Å². The number of carbonyl (C=O) groups is 2. The number of benzene rings is 2. The summed E-state index contributed by atoms with van der Waals surface area (Å²) in [4.78, 5) is 31.5. The van der Waals surface area contributed by atoms with Gasteiger partial charge in [-0.2, -0.15) is 4.36 Å². The van der Waals surface area contributed by atoms with E-state index < -0.39 is 10.9 Å². The van der Waals surface area contributed by atoms with Crippen molar-refractivity contribution < 1.29 is 28.5 Å². The first-order chi connectivity index (χ1) is 24.7. The minimum absolute atomic E-state index is 0.0281. The van der Waals surface area contributed by atoms with Gasteiger partial charge in [0.2, 0.25) is 0 Å². The average Bonchev–Trinajstić information content (AvgIpc) is 3.25. The largest absolute Gasteiger partial charge is 0.490 e. The third-order valence-electron chi connectivity index (χ3n) is 12.0. The van der Waals surface area contributed by atoms with E-state index in [9.17, 15) is 9.59 Å². The average molecular weight is 719 g/mol. The van der Waals surface area contributed by atoms with Crippen molar-refractivity contribution >= 4 is 28.5 Å². The first kappa shape index (κ1) is 36.1. The third-order valence-corrected chi connectivity index (χ3v) is 13.7. The molecule has 1 saturated carbocycles. The van der Waals surface area contributed by atoms with E-state index >= 15 is 0 Å². The second kappa shape index (κ2) is 15.4. The Morgan fingerprint density at radius 3 is 2.57 bits per heavy atom. The van der Waals surface area contributed by atoms with Crippen molar-refractivity contribution in [1.82, 2.24) is 9.62 Å². The number of hydrogen-bond acceptors (Lipinski definition) is 7. The fourth-order valence-corrected chi connectivity index (χ4v) is 10.2. The normalized spacial score (nSPS) is 31.6. The molecule has 1 unspecified atom stereocenters. The summed E-state index contributed by atoms with van der Waals surface area (Å²) in [6.07, 6.45) is 10.5. The van der Waals surface area contributed by atoms with Gasteiger partial charge < -0.3 is 28.7 Å². The molecule has 7 atom stereocenters. The molecular weight excluding hydrogens is 665 g/mol. The van der Waals surface area contributed by atoms with Crippen LogP contribution in [-0.4, -0.2) is 95.0 Å². The highest BCUT2D eigenvalue weighted by molar-refractivity contribution is 7.86. The SMILES string of the molecule is CCc1ccc2c(c1)CCC[C@]21COc2ccc3cc2N(C[C@@H]2CC[C@H]2[C@@H](OC)/C=C/[C@H](OC)[C@H](C)CS(NC(=O)N2CC(OC)C2)=NC3=O)C1. The highest BCUT2D eigenvalue weighted by Gasteiger charge is 2.44. The number of methoxy groups -OCH3 is 3. The molecule has 2 fully saturated rings. The molecule has 2 aromatic rings. The molecule has 1 spiro atoms. The Bertz CT molecular complexity index is 1680. The molecule has 3 heterocycles. The third kappa shape index (κ3) is 7.36. The molecule has 3 amide bonds.